The molecule has 1 aliphatic heterocycles. The van der Waals surface area contributed by atoms with E-state index in [-0.39, 0.29) is 17.7 Å². The van der Waals surface area contributed by atoms with Crippen LogP contribution >= 0.6 is 22.6 Å². The highest BCUT2D eigenvalue weighted by Gasteiger charge is 2.35. The minimum atomic E-state index is 0.0713. The van der Waals surface area contributed by atoms with Gasteiger partial charge in [0.2, 0.25) is 5.91 Å². The average molecular weight is 384 g/mol. The van der Waals surface area contributed by atoms with Crippen molar-refractivity contribution in [2.45, 2.75) is 12.8 Å². The van der Waals surface area contributed by atoms with Gasteiger partial charge in [-0.1, -0.05) is 6.07 Å². The number of halogens is 1. The molecule has 0 bridgehead atoms. The van der Waals surface area contributed by atoms with Crippen LogP contribution < -0.4 is 0 Å². The summed E-state index contributed by atoms with van der Waals surface area (Å²) < 4.78 is 1.07. The van der Waals surface area contributed by atoms with Crippen LogP contribution in [0.5, 0.6) is 0 Å². The fourth-order valence-corrected chi connectivity index (χ4v) is 3.07. The first-order valence-corrected chi connectivity index (χ1v) is 8.06. The van der Waals surface area contributed by atoms with Crippen molar-refractivity contribution < 1.29 is 9.59 Å². The molecule has 0 N–H and O–H groups in total. The van der Waals surface area contributed by atoms with E-state index in [1.165, 1.54) is 0 Å². The highest BCUT2D eigenvalue weighted by molar-refractivity contribution is 14.1. The number of carbonyl (C=O) groups is 2. The molecule has 0 unspecified atom stereocenters. The fraction of sp³-hybridized carbons (Fsp3) is 0.467. The zero-order chi connectivity index (χ0) is 14.1. The first-order chi connectivity index (χ1) is 9.65. The summed E-state index contributed by atoms with van der Waals surface area (Å²) >= 11 is 2.21. The number of hydrogen-bond donors (Lipinski definition) is 0. The molecule has 1 aliphatic carbocycles. The van der Waals surface area contributed by atoms with Gasteiger partial charge in [0, 0.05) is 41.2 Å². The molecule has 0 aromatic heterocycles. The van der Waals surface area contributed by atoms with E-state index in [2.05, 4.69) is 22.6 Å². The van der Waals surface area contributed by atoms with Crippen LogP contribution in [-0.2, 0) is 4.79 Å². The Morgan fingerprint density at radius 1 is 1.05 bits per heavy atom. The second-order valence-electron chi connectivity index (χ2n) is 5.40. The van der Waals surface area contributed by atoms with Gasteiger partial charge in [-0.25, -0.2) is 0 Å². The molecule has 0 radical (unpaired) electrons. The molecular formula is C15H17IN2O2. The lowest BCUT2D eigenvalue weighted by atomic mass is 10.2. The van der Waals surface area contributed by atoms with Crippen LogP contribution in [0.1, 0.15) is 23.2 Å². The van der Waals surface area contributed by atoms with Crippen molar-refractivity contribution >= 4 is 34.4 Å². The predicted octanol–water partition coefficient (Wildman–Crippen LogP) is 1.99. The zero-order valence-corrected chi connectivity index (χ0v) is 13.4. The molecular weight excluding hydrogens is 367 g/mol. The Labute approximate surface area is 132 Å². The van der Waals surface area contributed by atoms with Crippen molar-refractivity contribution in [3.63, 3.8) is 0 Å². The maximum absolute atomic E-state index is 12.4. The molecule has 3 rings (SSSR count). The van der Waals surface area contributed by atoms with Crippen LogP contribution in [0.25, 0.3) is 0 Å². The van der Waals surface area contributed by atoms with Crippen LogP contribution in [0.15, 0.2) is 24.3 Å². The van der Waals surface area contributed by atoms with Gasteiger partial charge in [0.15, 0.2) is 0 Å². The maximum atomic E-state index is 12.4. The molecule has 0 spiro atoms. The second-order valence-corrected chi connectivity index (χ2v) is 6.65. The largest absolute Gasteiger partial charge is 0.339 e. The van der Waals surface area contributed by atoms with Crippen LogP contribution in [0, 0.1) is 9.49 Å². The number of piperazine rings is 1. The summed E-state index contributed by atoms with van der Waals surface area (Å²) in [7, 11) is 0. The number of carbonyl (C=O) groups excluding carboxylic acids is 2. The highest BCUT2D eigenvalue weighted by Crippen LogP contribution is 2.31. The number of hydrogen-bond acceptors (Lipinski definition) is 2. The van der Waals surface area contributed by atoms with Crippen molar-refractivity contribution in [3.8, 4) is 0 Å². The third kappa shape index (κ3) is 2.97. The van der Waals surface area contributed by atoms with Gasteiger partial charge in [0.05, 0.1) is 0 Å². The fourth-order valence-electron chi connectivity index (χ4n) is 2.52. The predicted molar refractivity (Wildman–Crippen MR) is 84.4 cm³/mol. The van der Waals surface area contributed by atoms with Gasteiger partial charge in [0.1, 0.15) is 0 Å². The molecule has 1 saturated carbocycles. The van der Waals surface area contributed by atoms with Crippen molar-refractivity contribution in [2.75, 3.05) is 26.2 Å². The Balaban J connectivity index is 1.60. The quantitative estimate of drug-likeness (QED) is 0.732. The lowest BCUT2D eigenvalue weighted by Gasteiger charge is -2.35. The van der Waals surface area contributed by atoms with Gasteiger partial charge in [-0.05, 0) is 53.6 Å². The van der Waals surface area contributed by atoms with Crippen LogP contribution in [-0.4, -0.2) is 47.8 Å². The van der Waals surface area contributed by atoms with Crippen molar-refractivity contribution in [1.82, 2.24) is 9.80 Å². The van der Waals surface area contributed by atoms with Crippen LogP contribution in [0.4, 0.5) is 0 Å². The van der Waals surface area contributed by atoms with Crippen LogP contribution in [0.2, 0.25) is 0 Å². The Bertz CT molecular complexity index is 534. The standard InChI is InChI=1S/C15H17IN2O2/c16-13-3-1-2-12(10-13)15(20)18-8-6-17(7-9-18)14(19)11-4-5-11/h1-3,10-11H,4-9H2. The molecule has 1 aromatic rings. The lowest BCUT2D eigenvalue weighted by Crippen LogP contribution is -2.51. The summed E-state index contributed by atoms with van der Waals surface area (Å²) in [5.74, 6) is 0.626. The summed E-state index contributed by atoms with van der Waals surface area (Å²) in [5, 5.41) is 0. The third-order valence-corrected chi connectivity index (χ3v) is 4.55. The van der Waals surface area contributed by atoms with E-state index in [0.29, 0.717) is 26.2 Å². The SMILES string of the molecule is O=C(c1cccc(I)c1)N1CCN(C(=O)C2CC2)CC1. The third-order valence-electron chi connectivity index (χ3n) is 3.88. The van der Waals surface area contributed by atoms with Gasteiger partial charge in [-0.3, -0.25) is 9.59 Å². The van der Waals surface area contributed by atoms with Gasteiger partial charge < -0.3 is 9.80 Å². The summed E-state index contributed by atoms with van der Waals surface area (Å²) in [6.07, 6.45) is 2.08. The van der Waals surface area contributed by atoms with Gasteiger partial charge in [-0.15, -0.1) is 0 Å². The van der Waals surface area contributed by atoms with E-state index in [0.717, 1.165) is 22.0 Å². The Morgan fingerprint density at radius 3 is 2.30 bits per heavy atom. The van der Waals surface area contributed by atoms with E-state index in [1.807, 2.05) is 34.1 Å². The minimum absolute atomic E-state index is 0.0713. The monoisotopic (exact) mass is 384 g/mol. The molecule has 1 aromatic carbocycles. The molecule has 0 atom stereocenters. The van der Waals surface area contributed by atoms with Crippen molar-refractivity contribution in [1.29, 1.82) is 0 Å². The Hall–Kier alpha value is -1.11. The van der Waals surface area contributed by atoms with E-state index < -0.39 is 0 Å². The van der Waals surface area contributed by atoms with E-state index >= 15 is 0 Å². The lowest BCUT2D eigenvalue weighted by molar-refractivity contribution is -0.134. The van der Waals surface area contributed by atoms with E-state index in [1.54, 1.807) is 0 Å². The van der Waals surface area contributed by atoms with Gasteiger partial charge in [0.25, 0.3) is 5.91 Å². The first kappa shape index (κ1) is 13.9. The number of rotatable bonds is 2. The molecule has 1 saturated heterocycles. The van der Waals surface area contributed by atoms with E-state index in [9.17, 15) is 9.59 Å². The minimum Gasteiger partial charge on any atom is -0.339 e. The average Bonchev–Trinajstić information content (AvgIpc) is 3.30. The highest BCUT2D eigenvalue weighted by atomic mass is 127. The molecule has 106 valence electrons. The summed E-state index contributed by atoms with van der Waals surface area (Å²) in [6.45, 7) is 2.63. The number of benzene rings is 1. The Kier molecular flexibility index (Phi) is 3.96. The molecule has 4 nitrogen and oxygen atoms in total. The van der Waals surface area contributed by atoms with Crippen molar-refractivity contribution in [2.24, 2.45) is 5.92 Å². The zero-order valence-electron chi connectivity index (χ0n) is 11.2. The summed E-state index contributed by atoms with van der Waals surface area (Å²) in [5.41, 5.74) is 0.735. The smallest absolute Gasteiger partial charge is 0.254 e. The van der Waals surface area contributed by atoms with Gasteiger partial charge in [-0.2, -0.15) is 0 Å². The van der Waals surface area contributed by atoms with Gasteiger partial charge >= 0.3 is 0 Å². The summed E-state index contributed by atoms with van der Waals surface area (Å²) in [6, 6.07) is 7.64. The molecule has 5 heteroatoms. The van der Waals surface area contributed by atoms with E-state index in [4.69, 9.17) is 0 Å². The summed E-state index contributed by atoms with van der Waals surface area (Å²) in [4.78, 5) is 28.1. The molecule has 2 fully saturated rings. The topological polar surface area (TPSA) is 40.6 Å². The number of amides is 2. The van der Waals surface area contributed by atoms with Crippen LogP contribution in [0.3, 0.4) is 0 Å². The maximum Gasteiger partial charge on any atom is 0.254 e. The normalized spacial score (nSPS) is 19.1. The number of nitrogens with zero attached hydrogens (tertiary/aromatic N) is 2. The second kappa shape index (κ2) is 5.71. The molecule has 1 heterocycles. The molecule has 2 amide bonds. The first-order valence-electron chi connectivity index (χ1n) is 6.99. The molecule has 2 aliphatic rings. The molecule has 20 heavy (non-hydrogen) atoms. The Morgan fingerprint density at radius 2 is 1.70 bits per heavy atom. The van der Waals surface area contributed by atoms with Crippen molar-refractivity contribution in [3.05, 3.63) is 33.4 Å².